The number of ether oxygens (including phenoxy) is 2. The molecule has 4 aromatic rings. The lowest BCUT2D eigenvalue weighted by atomic mass is 10.0. The summed E-state index contributed by atoms with van der Waals surface area (Å²) < 4.78 is 10.7. The van der Waals surface area contributed by atoms with Crippen LogP contribution in [-0.4, -0.2) is 35.1 Å². The maximum absolute atomic E-state index is 11.8. The zero-order chi connectivity index (χ0) is 25.1. The SMILES string of the molecule is C=CC(=O)Nc1cccc(C)c1Cc1ncc2cc(-c3c(Cl)c(OC)cc(OC)c3Cl)cnc2n1. The zero-order valence-corrected chi connectivity index (χ0v) is 20.9. The van der Waals surface area contributed by atoms with Gasteiger partial charge in [0.05, 0.1) is 24.3 Å². The molecule has 1 N–H and O–H groups in total. The van der Waals surface area contributed by atoms with E-state index in [1.807, 2.05) is 31.2 Å². The maximum Gasteiger partial charge on any atom is 0.247 e. The van der Waals surface area contributed by atoms with Crippen LogP contribution in [0.3, 0.4) is 0 Å². The van der Waals surface area contributed by atoms with Gasteiger partial charge in [-0.2, -0.15) is 0 Å². The van der Waals surface area contributed by atoms with Crippen molar-refractivity contribution in [3.8, 4) is 22.6 Å². The first-order chi connectivity index (χ1) is 16.9. The molecule has 0 saturated carbocycles. The van der Waals surface area contributed by atoms with Gasteiger partial charge in [-0.15, -0.1) is 0 Å². The molecular formula is C26H22Cl2N4O3. The van der Waals surface area contributed by atoms with E-state index in [1.54, 1.807) is 18.5 Å². The number of pyridine rings is 1. The van der Waals surface area contributed by atoms with Crippen LogP contribution in [0.25, 0.3) is 22.2 Å². The quantitative estimate of drug-likeness (QED) is 0.306. The first kappa shape index (κ1) is 24.4. The van der Waals surface area contributed by atoms with Crippen LogP contribution < -0.4 is 14.8 Å². The summed E-state index contributed by atoms with van der Waals surface area (Å²) in [6.07, 6.45) is 5.00. The van der Waals surface area contributed by atoms with Gasteiger partial charge in [0.15, 0.2) is 5.65 Å². The minimum Gasteiger partial charge on any atom is -0.495 e. The highest BCUT2D eigenvalue weighted by molar-refractivity contribution is 6.41. The van der Waals surface area contributed by atoms with Crippen LogP contribution in [0, 0.1) is 6.92 Å². The fourth-order valence-electron chi connectivity index (χ4n) is 3.72. The average molecular weight is 509 g/mol. The predicted molar refractivity (Wildman–Crippen MR) is 139 cm³/mol. The summed E-state index contributed by atoms with van der Waals surface area (Å²) in [5.74, 6) is 1.16. The second kappa shape index (κ2) is 10.3. The van der Waals surface area contributed by atoms with E-state index in [4.69, 9.17) is 32.7 Å². The van der Waals surface area contributed by atoms with Crippen molar-refractivity contribution in [1.29, 1.82) is 0 Å². The Morgan fingerprint density at radius 2 is 1.80 bits per heavy atom. The molecule has 0 aliphatic rings. The highest BCUT2D eigenvalue weighted by Gasteiger charge is 2.20. The van der Waals surface area contributed by atoms with Crippen molar-refractivity contribution in [2.24, 2.45) is 0 Å². The summed E-state index contributed by atoms with van der Waals surface area (Å²) >= 11 is 13.1. The Morgan fingerprint density at radius 3 is 2.46 bits per heavy atom. The molecule has 0 atom stereocenters. The number of carbonyl (C=O) groups is 1. The number of aryl methyl sites for hydroxylation is 1. The molecule has 2 aromatic carbocycles. The van der Waals surface area contributed by atoms with Crippen molar-refractivity contribution in [1.82, 2.24) is 15.0 Å². The number of amides is 1. The number of nitrogens with zero attached hydrogens (tertiary/aromatic N) is 3. The minimum atomic E-state index is -0.281. The van der Waals surface area contributed by atoms with Crippen molar-refractivity contribution in [3.05, 3.63) is 82.4 Å². The third kappa shape index (κ3) is 4.92. The van der Waals surface area contributed by atoms with Gasteiger partial charge in [0.25, 0.3) is 0 Å². The number of methoxy groups -OCH3 is 2. The number of anilines is 1. The Labute approximate surface area is 212 Å². The van der Waals surface area contributed by atoms with Crippen LogP contribution in [0.1, 0.15) is 17.0 Å². The predicted octanol–water partition coefficient (Wildman–Crippen LogP) is 6.04. The average Bonchev–Trinajstić information content (AvgIpc) is 2.86. The molecule has 0 radical (unpaired) electrons. The molecule has 4 rings (SSSR count). The van der Waals surface area contributed by atoms with Crippen molar-refractivity contribution in [2.75, 3.05) is 19.5 Å². The summed E-state index contributed by atoms with van der Waals surface area (Å²) in [6, 6.07) is 9.19. The highest BCUT2D eigenvalue weighted by Crippen LogP contribution is 2.46. The van der Waals surface area contributed by atoms with Gasteiger partial charge >= 0.3 is 0 Å². The third-order valence-corrected chi connectivity index (χ3v) is 6.28. The zero-order valence-electron chi connectivity index (χ0n) is 19.4. The first-order valence-electron chi connectivity index (χ1n) is 10.6. The monoisotopic (exact) mass is 508 g/mol. The van der Waals surface area contributed by atoms with Crippen molar-refractivity contribution in [3.63, 3.8) is 0 Å². The van der Waals surface area contributed by atoms with Gasteiger partial charge in [-0.1, -0.05) is 41.9 Å². The van der Waals surface area contributed by atoms with Crippen molar-refractivity contribution in [2.45, 2.75) is 13.3 Å². The molecule has 1 amide bonds. The molecule has 0 fully saturated rings. The van der Waals surface area contributed by atoms with Gasteiger partial charge < -0.3 is 14.8 Å². The Bertz CT molecular complexity index is 1430. The van der Waals surface area contributed by atoms with Crippen LogP contribution in [0.2, 0.25) is 10.0 Å². The Balaban J connectivity index is 1.72. The Morgan fingerprint density at radius 1 is 1.09 bits per heavy atom. The largest absolute Gasteiger partial charge is 0.495 e. The Hall–Kier alpha value is -3.68. The molecule has 9 heteroatoms. The third-order valence-electron chi connectivity index (χ3n) is 5.53. The van der Waals surface area contributed by atoms with Gasteiger partial charge in [-0.25, -0.2) is 15.0 Å². The summed E-state index contributed by atoms with van der Waals surface area (Å²) in [4.78, 5) is 25.5. The van der Waals surface area contributed by atoms with Crippen molar-refractivity contribution < 1.29 is 14.3 Å². The molecule has 0 aliphatic heterocycles. The first-order valence-corrected chi connectivity index (χ1v) is 11.4. The van der Waals surface area contributed by atoms with E-state index >= 15 is 0 Å². The fourth-order valence-corrected chi connectivity index (χ4v) is 4.43. The molecule has 0 spiro atoms. The number of hydrogen-bond acceptors (Lipinski definition) is 6. The molecule has 0 aliphatic carbocycles. The molecular weight excluding hydrogens is 487 g/mol. The fraction of sp³-hybridized carbons (Fsp3) is 0.154. The summed E-state index contributed by atoms with van der Waals surface area (Å²) in [5.41, 5.74) is 4.36. The maximum atomic E-state index is 11.8. The van der Waals surface area contributed by atoms with E-state index in [0.717, 1.165) is 11.1 Å². The van der Waals surface area contributed by atoms with Gasteiger partial charge in [0, 0.05) is 47.1 Å². The summed E-state index contributed by atoms with van der Waals surface area (Å²) in [6.45, 7) is 5.48. The standard InChI is InChI=1S/C26H22Cl2N4O3/c1-5-22(33)31-18-8-6-7-14(2)17(18)10-21-29-13-16-9-15(12-30-26(16)32-21)23-24(27)19(34-3)11-20(35-4)25(23)28/h5-9,11-13H,1,10H2,2-4H3,(H,31,33). The van der Waals surface area contributed by atoms with E-state index in [-0.39, 0.29) is 5.91 Å². The second-order valence-electron chi connectivity index (χ2n) is 7.68. The van der Waals surface area contributed by atoms with Crippen LogP contribution >= 0.6 is 23.2 Å². The van der Waals surface area contributed by atoms with E-state index in [9.17, 15) is 4.79 Å². The van der Waals surface area contributed by atoms with E-state index in [0.29, 0.717) is 61.6 Å². The molecule has 0 bridgehead atoms. The number of nitrogens with one attached hydrogen (secondary N) is 1. The van der Waals surface area contributed by atoms with E-state index < -0.39 is 0 Å². The number of carbonyl (C=O) groups excluding carboxylic acids is 1. The molecule has 7 nitrogen and oxygen atoms in total. The molecule has 0 saturated heterocycles. The van der Waals surface area contributed by atoms with Crippen LogP contribution in [0.4, 0.5) is 5.69 Å². The molecule has 35 heavy (non-hydrogen) atoms. The van der Waals surface area contributed by atoms with Gasteiger partial charge in [0.2, 0.25) is 5.91 Å². The molecule has 2 aromatic heterocycles. The number of aromatic nitrogens is 3. The highest BCUT2D eigenvalue weighted by atomic mass is 35.5. The number of fused-ring (bicyclic) bond motifs is 1. The van der Waals surface area contributed by atoms with Gasteiger partial charge in [-0.05, 0) is 36.3 Å². The van der Waals surface area contributed by atoms with Gasteiger partial charge in [-0.3, -0.25) is 4.79 Å². The second-order valence-corrected chi connectivity index (χ2v) is 8.43. The van der Waals surface area contributed by atoms with Crippen molar-refractivity contribution >= 4 is 45.8 Å². The smallest absolute Gasteiger partial charge is 0.247 e. The molecule has 178 valence electrons. The normalized spacial score (nSPS) is 10.8. The Kier molecular flexibility index (Phi) is 7.19. The topological polar surface area (TPSA) is 86.2 Å². The van der Waals surface area contributed by atoms with Crippen LogP contribution in [0.5, 0.6) is 11.5 Å². The van der Waals surface area contributed by atoms with Crippen LogP contribution in [-0.2, 0) is 11.2 Å². The molecule has 0 unspecified atom stereocenters. The lowest BCUT2D eigenvalue weighted by Crippen LogP contribution is -2.11. The number of hydrogen-bond donors (Lipinski definition) is 1. The number of rotatable bonds is 7. The lowest BCUT2D eigenvalue weighted by molar-refractivity contribution is -0.111. The van der Waals surface area contributed by atoms with Gasteiger partial charge in [0.1, 0.15) is 17.3 Å². The van der Waals surface area contributed by atoms with E-state index in [1.165, 1.54) is 20.3 Å². The molecule has 2 heterocycles. The number of benzene rings is 2. The summed E-state index contributed by atoms with van der Waals surface area (Å²) in [7, 11) is 3.05. The van der Waals surface area contributed by atoms with Crippen LogP contribution in [0.15, 0.2) is 55.4 Å². The minimum absolute atomic E-state index is 0.281. The number of halogens is 2. The van der Waals surface area contributed by atoms with E-state index in [2.05, 4.69) is 26.8 Å². The lowest BCUT2D eigenvalue weighted by Gasteiger charge is -2.15. The summed E-state index contributed by atoms with van der Waals surface area (Å²) in [5, 5.41) is 4.26.